The maximum absolute atomic E-state index is 12.3. The fourth-order valence-electron chi connectivity index (χ4n) is 1.52. The summed E-state index contributed by atoms with van der Waals surface area (Å²) in [5.41, 5.74) is 0.343. The quantitative estimate of drug-likeness (QED) is 0.694. The molecule has 2 rings (SSSR count). The van der Waals surface area contributed by atoms with Gasteiger partial charge in [0.2, 0.25) is 0 Å². The number of rotatable bonds is 1. The van der Waals surface area contributed by atoms with Gasteiger partial charge in [0.1, 0.15) is 0 Å². The van der Waals surface area contributed by atoms with Crippen molar-refractivity contribution in [2.75, 3.05) is 0 Å². The van der Waals surface area contributed by atoms with Crippen LogP contribution in [0.3, 0.4) is 0 Å². The molecule has 0 spiro atoms. The third kappa shape index (κ3) is 2.63. The molecule has 0 N–H and O–H groups in total. The Morgan fingerprint density at radius 2 is 1.81 bits per heavy atom. The van der Waals surface area contributed by atoms with Crippen LogP contribution >= 0.6 is 27.7 Å². The molecule has 0 bridgehead atoms. The van der Waals surface area contributed by atoms with E-state index < -0.39 is 11.7 Å². The zero-order chi connectivity index (χ0) is 11.8. The van der Waals surface area contributed by atoms with Crippen molar-refractivity contribution >= 4 is 27.7 Å². The first-order valence-electron chi connectivity index (χ1n) is 4.66. The van der Waals surface area contributed by atoms with E-state index in [4.69, 9.17) is 0 Å². The van der Waals surface area contributed by atoms with Gasteiger partial charge in [0, 0.05) is 9.06 Å². The Bertz CT molecular complexity index is 408. The second-order valence-electron chi connectivity index (χ2n) is 3.47. The summed E-state index contributed by atoms with van der Waals surface area (Å²) in [5, 5.41) is 0.233. The Morgan fingerprint density at radius 3 is 2.25 bits per heavy atom. The summed E-state index contributed by atoms with van der Waals surface area (Å²) >= 11 is 4.99. The van der Waals surface area contributed by atoms with Crippen LogP contribution in [0.2, 0.25) is 0 Å². The van der Waals surface area contributed by atoms with Gasteiger partial charge >= 0.3 is 6.18 Å². The topological polar surface area (TPSA) is 0 Å². The Kier molecular flexibility index (Phi) is 3.35. The second kappa shape index (κ2) is 4.45. The number of benzene rings is 1. The predicted molar refractivity (Wildman–Crippen MR) is 63.4 cm³/mol. The van der Waals surface area contributed by atoms with Gasteiger partial charge in [-0.3, -0.25) is 0 Å². The highest BCUT2D eigenvalue weighted by Gasteiger charge is 2.30. The maximum Gasteiger partial charge on any atom is 0.416 e. The van der Waals surface area contributed by atoms with Gasteiger partial charge < -0.3 is 0 Å². The van der Waals surface area contributed by atoms with Crippen molar-refractivity contribution in [2.45, 2.75) is 17.8 Å². The molecule has 1 aliphatic heterocycles. The maximum atomic E-state index is 12.3. The summed E-state index contributed by atoms with van der Waals surface area (Å²) in [6, 6.07) is 5.39. The van der Waals surface area contributed by atoms with Gasteiger partial charge in [-0.1, -0.05) is 18.2 Å². The molecule has 86 valence electrons. The Morgan fingerprint density at radius 1 is 1.19 bits per heavy atom. The lowest BCUT2D eigenvalue weighted by atomic mass is 10.1. The standard InChI is InChI=1S/C11H8BrF3S/c12-10-6-5-9(16-10)7-1-3-8(4-2-7)11(13,14)15/h1-4,6,9H,5H2. The summed E-state index contributed by atoms with van der Waals surface area (Å²) in [4.78, 5) is 0. The van der Waals surface area contributed by atoms with Crippen molar-refractivity contribution in [1.82, 2.24) is 0 Å². The van der Waals surface area contributed by atoms with Crippen LogP contribution < -0.4 is 0 Å². The number of hydrogen-bond donors (Lipinski definition) is 0. The van der Waals surface area contributed by atoms with Crippen LogP contribution in [0.4, 0.5) is 13.2 Å². The Labute approximate surface area is 104 Å². The molecule has 0 radical (unpaired) electrons. The van der Waals surface area contributed by atoms with Crippen LogP contribution in [0.25, 0.3) is 0 Å². The van der Waals surface area contributed by atoms with E-state index in [1.54, 1.807) is 23.9 Å². The monoisotopic (exact) mass is 308 g/mol. The average Bonchev–Trinajstić information content (AvgIpc) is 2.64. The smallest absolute Gasteiger partial charge is 0.166 e. The molecule has 0 saturated heterocycles. The highest BCUT2D eigenvalue weighted by molar-refractivity contribution is 9.14. The first-order valence-corrected chi connectivity index (χ1v) is 6.33. The number of allylic oxidation sites excluding steroid dienone is 1. The zero-order valence-corrected chi connectivity index (χ0v) is 10.5. The Hall–Kier alpha value is -0.420. The van der Waals surface area contributed by atoms with Gasteiger partial charge in [-0.2, -0.15) is 13.2 Å². The van der Waals surface area contributed by atoms with Crippen LogP contribution in [0, 0.1) is 0 Å². The van der Waals surface area contributed by atoms with Gasteiger partial charge in [-0.05, 0) is 40.0 Å². The Balaban J connectivity index is 2.15. The van der Waals surface area contributed by atoms with Crippen molar-refractivity contribution in [3.8, 4) is 0 Å². The van der Waals surface area contributed by atoms with E-state index in [0.717, 1.165) is 27.9 Å². The van der Waals surface area contributed by atoms with Crippen LogP contribution in [0.15, 0.2) is 34.2 Å². The van der Waals surface area contributed by atoms with E-state index in [9.17, 15) is 13.2 Å². The fourth-order valence-corrected chi connectivity index (χ4v) is 3.34. The van der Waals surface area contributed by atoms with Crippen molar-refractivity contribution in [2.24, 2.45) is 0 Å². The molecule has 1 aliphatic rings. The summed E-state index contributed by atoms with van der Waals surface area (Å²) in [6.45, 7) is 0. The third-order valence-electron chi connectivity index (χ3n) is 2.36. The molecule has 5 heteroatoms. The van der Waals surface area contributed by atoms with E-state index in [1.807, 2.05) is 6.08 Å². The van der Waals surface area contributed by atoms with Crippen molar-refractivity contribution in [3.05, 3.63) is 45.3 Å². The number of hydrogen-bond acceptors (Lipinski definition) is 1. The lowest BCUT2D eigenvalue weighted by Crippen LogP contribution is -2.04. The molecular formula is C11H8BrF3S. The normalized spacial score (nSPS) is 21.0. The van der Waals surface area contributed by atoms with Crippen molar-refractivity contribution in [3.63, 3.8) is 0 Å². The fraction of sp³-hybridized carbons (Fsp3) is 0.273. The summed E-state index contributed by atoms with van der Waals surface area (Å²) in [6.07, 6.45) is -1.36. The highest BCUT2D eigenvalue weighted by Crippen LogP contribution is 2.46. The average molecular weight is 309 g/mol. The lowest BCUT2D eigenvalue weighted by molar-refractivity contribution is -0.137. The molecular weight excluding hydrogens is 301 g/mol. The molecule has 1 heterocycles. The lowest BCUT2D eigenvalue weighted by Gasteiger charge is -2.11. The SMILES string of the molecule is FC(F)(F)c1ccc(C2CC=C(Br)S2)cc1. The first kappa shape index (κ1) is 12.0. The molecule has 1 aromatic rings. The summed E-state index contributed by atoms with van der Waals surface area (Å²) in [5.74, 6) is 0. The van der Waals surface area contributed by atoms with Gasteiger partial charge in [0.15, 0.2) is 0 Å². The minimum absolute atomic E-state index is 0.233. The molecule has 1 unspecified atom stereocenters. The van der Waals surface area contributed by atoms with Crippen LogP contribution in [-0.4, -0.2) is 0 Å². The molecule has 0 fully saturated rings. The molecule has 0 aromatic heterocycles. The highest BCUT2D eigenvalue weighted by atomic mass is 79.9. The van der Waals surface area contributed by atoms with Crippen molar-refractivity contribution in [1.29, 1.82) is 0 Å². The van der Waals surface area contributed by atoms with Gasteiger partial charge in [0.25, 0.3) is 0 Å². The van der Waals surface area contributed by atoms with Crippen LogP contribution in [0.1, 0.15) is 22.8 Å². The number of alkyl halides is 3. The van der Waals surface area contributed by atoms with Crippen LogP contribution in [0.5, 0.6) is 0 Å². The molecule has 0 saturated carbocycles. The molecule has 16 heavy (non-hydrogen) atoms. The van der Waals surface area contributed by atoms with E-state index >= 15 is 0 Å². The van der Waals surface area contributed by atoms with Crippen LogP contribution in [-0.2, 0) is 6.18 Å². The molecule has 0 amide bonds. The van der Waals surface area contributed by atoms with Gasteiger partial charge in [-0.25, -0.2) is 0 Å². The first-order chi connectivity index (χ1) is 7.47. The van der Waals surface area contributed by atoms with E-state index in [1.165, 1.54) is 0 Å². The third-order valence-corrected chi connectivity index (χ3v) is 4.38. The van der Waals surface area contributed by atoms with Crippen molar-refractivity contribution < 1.29 is 13.2 Å². The van der Waals surface area contributed by atoms with E-state index in [-0.39, 0.29) is 5.25 Å². The summed E-state index contributed by atoms with van der Waals surface area (Å²) < 4.78 is 38.1. The van der Waals surface area contributed by atoms with E-state index in [0.29, 0.717) is 0 Å². The minimum atomic E-state index is -4.25. The van der Waals surface area contributed by atoms with Gasteiger partial charge in [-0.15, -0.1) is 11.8 Å². The van der Waals surface area contributed by atoms with Gasteiger partial charge in [0.05, 0.1) is 5.56 Å². The molecule has 0 nitrogen and oxygen atoms in total. The molecule has 1 aromatic carbocycles. The number of thioether (sulfide) groups is 1. The zero-order valence-electron chi connectivity index (χ0n) is 8.09. The second-order valence-corrected chi connectivity index (χ2v) is 6.09. The largest absolute Gasteiger partial charge is 0.416 e. The predicted octanol–water partition coefficient (Wildman–Crippen LogP) is 5.12. The van der Waals surface area contributed by atoms with E-state index in [2.05, 4.69) is 15.9 Å². The summed E-state index contributed by atoms with van der Waals surface area (Å²) in [7, 11) is 0. The molecule has 1 atom stereocenters. The molecule has 0 aliphatic carbocycles. The number of halogens is 4. The minimum Gasteiger partial charge on any atom is -0.166 e.